The molecule has 0 radical (unpaired) electrons. The van der Waals surface area contributed by atoms with Crippen molar-refractivity contribution in [1.29, 1.82) is 0 Å². The van der Waals surface area contributed by atoms with Crippen molar-refractivity contribution >= 4 is 51.4 Å². The molecule has 0 aliphatic carbocycles. The number of thiazole rings is 1. The lowest BCUT2D eigenvalue weighted by atomic mass is 10.1. The molecule has 4 rings (SSSR count). The fourth-order valence-corrected chi connectivity index (χ4v) is 5.21. The third-order valence-corrected chi connectivity index (χ3v) is 7.55. The number of carbonyl (C=O) groups is 2. The number of thioether (sulfide) groups is 1. The van der Waals surface area contributed by atoms with Crippen molar-refractivity contribution in [3.63, 3.8) is 0 Å². The summed E-state index contributed by atoms with van der Waals surface area (Å²) in [6, 6.07) is 20.7. The highest BCUT2D eigenvalue weighted by atomic mass is 32.2. The van der Waals surface area contributed by atoms with Crippen molar-refractivity contribution in [2.75, 3.05) is 10.6 Å². The van der Waals surface area contributed by atoms with Crippen molar-refractivity contribution in [1.82, 2.24) is 4.98 Å². The Morgan fingerprint density at radius 1 is 1.05 bits per heavy atom. The Balaban J connectivity index is 1.40. The molecule has 0 fully saturated rings. The number of nitro benzene ring substituents is 1. The van der Waals surface area contributed by atoms with Gasteiger partial charge in [0.05, 0.1) is 15.9 Å². The summed E-state index contributed by atoms with van der Waals surface area (Å²) in [6.07, 6.45) is 0.594. The van der Waals surface area contributed by atoms with Gasteiger partial charge in [0.25, 0.3) is 11.6 Å². The highest BCUT2D eigenvalue weighted by Gasteiger charge is 2.20. The number of anilines is 2. The third kappa shape index (κ3) is 6.81. The van der Waals surface area contributed by atoms with Crippen LogP contribution in [0.1, 0.15) is 29.3 Å². The zero-order chi connectivity index (χ0) is 26.4. The second kappa shape index (κ2) is 11.8. The van der Waals surface area contributed by atoms with Crippen molar-refractivity contribution in [3.8, 4) is 11.3 Å². The lowest BCUT2D eigenvalue weighted by Gasteiger charge is -2.14. The number of nitrogens with one attached hydrogen (secondary N) is 2. The minimum atomic E-state index is -0.543. The van der Waals surface area contributed by atoms with Gasteiger partial charge in [-0.15, -0.1) is 23.1 Å². The summed E-state index contributed by atoms with van der Waals surface area (Å²) < 4.78 is 0. The maximum absolute atomic E-state index is 13.0. The minimum Gasteiger partial charge on any atom is -0.322 e. The fourth-order valence-electron chi connectivity index (χ4n) is 3.47. The Morgan fingerprint density at radius 3 is 2.54 bits per heavy atom. The van der Waals surface area contributed by atoms with Gasteiger partial charge in [0.2, 0.25) is 5.91 Å². The molecule has 0 saturated carbocycles. The maximum atomic E-state index is 13.0. The SMILES string of the molecule is CCC(Sc1cccc(NC(=O)c2cccc([N+](=O)[O-])c2)c1)C(=O)Nc1nc(-c2ccc(C)cc2)cs1. The summed E-state index contributed by atoms with van der Waals surface area (Å²) in [5, 5.41) is 18.8. The number of aryl methyl sites for hydroxylation is 1. The molecule has 4 aromatic rings. The summed E-state index contributed by atoms with van der Waals surface area (Å²) in [5.41, 5.74) is 3.54. The monoisotopic (exact) mass is 532 g/mol. The Morgan fingerprint density at radius 2 is 1.81 bits per heavy atom. The second-order valence-electron chi connectivity index (χ2n) is 8.20. The van der Waals surface area contributed by atoms with Gasteiger partial charge in [-0.2, -0.15) is 0 Å². The molecule has 0 bridgehead atoms. The van der Waals surface area contributed by atoms with Crippen molar-refractivity contribution in [3.05, 3.63) is 99.4 Å². The molecule has 3 aromatic carbocycles. The average Bonchev–Trinajstić information content (AvgIpc) is 3.36. The molecule has 37 heavy (non-hydrogen) atoms. The quantitative estimate of drug-likeness (QED) is 0.139. The summed E-state index contributed by atoms with van der Waals surface area (Å²) in [7, 11) is 0. The molecule has 8 nitrogen and oxygen atoms in total. The average molecular weight is 533 g/mol. The van der Waals surface area contributed by atoms with Gasteiger partial charge in [0, 0.05) is 39.2 Å². The molecule has 2 amide bonds. The number of rotatable bonds is 9. The number of aromatic nitrogens is 1. The molecule has 0 spiro atoms. The number of nitro groups is 1. The van der Waals surface area contributed by atoms with Crippen LogP contribution in [0.25, 0.3) is 11.3 Å². The molecule has 1 atom stereocenters. The van der Waals surface area contributed by atoms with Crippen LogP contribution >= 0.6 is 23.1 Å². The van der Waals surface area contributed by atoms with Crippen LogP contribution in [-0.4, -0.2) is 27.0 Å². The van der Waals surface area contributed by atoms with E-state index in [4.69, 9.17) is 0 Å². The number of non-ortho nitro benzene ring substituents is 1. The van der Waals surface area contributed by atoms with Crippen LogP contribution in [0.4, 0.5) is 16.5 Å². The highest BCUT2D eigenvalue weighted by molar-refractivity contribution is 8.00. The van der Waals surface area contributed by atoms with Crippen LogP contribution in [0.15, 0.2) is 83.1 Å². The zero-order valence-electron chi connectivity index (χ0n) is 20.1. The number of nitrogens with zero attached hydrogens (tertiary/aromatic N) is 2. The van der Waals surface area contributed by atoms with Crippen LogP contribution in [0.5, 0.6) is 0 Å². The number of hydrogen-bond acceptors (Lipinski definition) is 7. The molecule has 10 heteroatoms. The van der Waals surface area contributed by atoms with Crippen LogP contribution < -0.4 is 10.6 Å². The maximum Gasteiger partial charge on any atom is 0.270 e. The van der Waals surface area contributed by atoms with Gasteiger partial charge in [-0.25, -0.2) is 4.98 Å². The van der Waals surface area contributed by atoms with E-state index >= 15 is 0 Å². The summed E-state index contributed by atoms with van der Waals surface area (Å²) in [4.78, 5) is 41.4. The van der Waals surface area contributed by atoms with Crippen LogP contribution in [-0.2, 0) is 4.79 Å². The second-order valence-corrected chi connectivity index (χ2v) is 10.3. The van der Waals surface area contributed by atoms with E-state index in [0.717, 1.165) is 16.2 Å². The zero-order valence-corrected chi connectivity index (χ0v) is 21.8. The predicted octanol–water partition coefficient (Wildman–Crippen LogP) is 6.79. The largest absolute Gasteiger partial charge is 0.322 e. The summed E-state index contributed by atoms with van der Waals surface area (Å²) in [5.74, 6) is -0.605. The highest BCUT2D eigenvalue weighted by Crippen LogP contribution is 2.30. The van der Waals surface area contributed by atoms with Gasteiger partial charge in [-0.05, 0) is 37.6 Å². The molecular formula is C27H24N4O4S2. The van der Waals surface area contributed by atoms with E-state index < -0.39 is 10.8 Å². The Labute approximate surface area is 222 Å². The van der Waals surface area contributed by atoms with Crippen LogP contribution in [0, 0.1) is 17.0 Å². The molecule has 1 heterocycles. The van der Waals surface area contributed by atoms with E-state index in [1.54, 1.807) is 18.2 Å². The van der Waals surface area contributed by atoms with Crippen molar-refractivity contribution in [2.45, 2.75) is 30.4 Å². The standard InChI is InChI=1S/C27H24N4O4S2/c1-3-24(26(33)30-27-29-23(16-36-27)18-12-10-17(2)11-13-18)37-22-9-5-7-20(15-22)28-25(32)19-6-4-8-21(14-19)31(34)35/h4-16,24H,3H2,1-2H3,(H,28,32)(H,29,30,33). The van der Waals surface area contributed by atoms with Crippen molar-refractivity contribution < 1.29 is 14.5 Å². The first kappa shape index (κ1) is 26.1. The summed E-state index contributed by atoms with van der Waals surface area (Å²) >= 11 is 2.77. The van der Waals surface area contributed by atoms with Crippen LogP contribution in [0.2, 0.25) is 0 Å². The molecule has 0 aliphatic heterocycles. The first-order valence-corrected chi connectivity index (χ1v) is 13.2. The van der Waals surface area contributed by atoms with E-state index in [1.807, 2.05) is 49.6 Å². The number of benzene rings is 3. The Kier molecular flexibility index (Phi) is 8.32. The fraction of sp³-hybridized carbons (Fsp3) is 0.148. The molecule has 1 aromatic heterocycles. The first-order valence-electron chi connectivity index (χ1n) is 11.5. The smallest absolute Gasteiger partial charge is 0.270 e. The molecule has 1 unspecified atom stereocenters. The number of carbonyl (C=O) groups excluding carboxylic acids is 2. The minimum absolute atomic E-state index is 0.150. The lowest BCUT2D eigenvalue weighted by molar-refractivity contribution is -0.384. The molecular weight excluding hydrogens is 508 g/mol. The lowest BCUT2D eigenvalue weighted by Crippen LogP contribution is -2.24. The van der Waals surface area contributed by atoms with Gasteiger partial charge in [0.1, 0.15) is 0 Å². The first-order chi connectivity index (χ1) is 17.8. The Hall–Kier alpha value is -4.02. The van der Waals surface area contributed by atoms with E-state index in [0.29, 0.717) is 17.2 Å². The van der Waals surface area contributed by atoms with E-state index in [9.17, 15) is 19.7 Å². The van der Waals surface area contributed by atoms with Gasteiger partial charge in [0.15, 0.2) is 5.13 Å². The van der Waals surface area contributed by atoms with E-state index in [-0.39, 0.29) is 22.4 Å². The number of amides is 2. The van der Waals surface area contributed by atoms with Gasteiger partial charge < -0.3 is 10.6 Å². The molecule has 188 valence electrons. The molecule has 0 saturated heterocycles. The van der Waals surface area contributed by atoms with Crippen LogP contribution in [0.3, 0.4) is 0 Å². The van der Waals surface area contributed by atoms with Gasteiger partial charge >= 0.3 is 0 Å². The van der Waals surface area contributed by atoms with Gasteiger partial charge in [-0.1, -0.05) is 48.9 Å². The molecule has 0 aliphatic rings. The Bertz CT molecular complexity index is 1440. The predicted molar refractivity (Wildman–Crippen MR) is 148 cm³/mol. The van der Waals surface area contributed by atoms with E-state index in [2.05, 4.69) is 15.6 Å². The third-order valence-electron chi connectivity index (χ3n) is 5.43. The van der Waals surface area contributed by atoms with Gasteiger partial charge in [-0.3, -0.25) is 19.7 Å². The summed E-state index contributed by atoms with van der Waals surface area (Å²) in [6.45, 7) is 3.96. The van der Waals surface area contributed by atoms with Crippen molar-refractivity contribution in [2.24, 2.45) is 0 Å². The normalized spacial score (nSPS) is 11.5. The topological polar surface area (TPSA) is 114 Å². The molecule has 2 N–H and O–H groups in total. The van der Waals surface area contributed by atoms with E-state index in [1.165, 1.54) is 52.9 Å². The number of hydrogen-bond donors (Lipinski definition) is 2.